The van der Waals surface area contributed by atoms with Crippen LogP contribution < -0.4 is 15.2 Å². The summed E-state index contributed by atoms with van der Waals surface area (Å²) in [5, 5.41) is 0. The Hall–Kier alpha value is -1.75. The molecular weight excluding hydrogens is 268 g/mol. The summed E-state index contributed by atoms with van der Waals surface area (Å²) >= 11 is 0. The zero-order valence-electron chi connectivity index (χ0n) is 13.1. The van der Waals surface area contributed by atoms with E-state index in [0.29, 0.717) is 24.3 Å². The highest BCUT2D eigenvalue weighted by Crippen LogP contribution is 2.35. The van der Waals surface area contributed by atoms with E-state index in [1.54, 1.807) is 19.1 Å². The van der Waals surface area contributed by atoms with Crippen molar-refractivity contribution in [3.05, 3.63) is 23.8 Å². The largest absolute Gasteiger partial charge is 0.493 e. The van der Waals surface area contributed by atoms with E-state index in [9.17, 15) is 4.79 Å². The molecule has 1 amide bonds. The van der Waals surface area contributed by atoms with E-state index in [2.05, 4.69) is 0 Å². The molecule has 0 saturated carbocycles. The van der Waals surface area contributed by atoms with Crippen molar-refractivity contribution >= 4 is 5.91 Å². The van der Waals surface area contributed by atoms with Crippen molar-refractivity contribution in [2.45, 2.75) is 44.9 Å². The quantitative estimate of drug-likeness (QED) is 0.923. The molecule has 1 fully saturated rings. The Morgan fingerprint density at radius 2 is 2.05 bits per heavy atom. The second-order valence-electron chi connectivity index (χ2n) is 5.73. The number of hydrogen-bond donors (Lipinski definition) is 1. The molecule has 1 aliphatic heterocycles. The molecule has 21 heavy (non-hydrogen) atoms. The van der Waals surface area contributed by atoms with Crippen LogP contribution in [0, 0.1) is 0 Å². The van der Waals surface area contributed by atoms with E-state index >= 15 is 0 Å². The maximum Gasteiger partial charge on any atom is 0.222 e. The number of benzene rings is 1. The van der Waals surface area contributed by atoms with Crippen molar-refractivity contribution in [1.82, 2.24) is 4.90 Å². The molecule has 1 aromatic rings. The Morgan fingerprint density at radius 3 is 2.67 bits per heavy atom. The fourth-order valence-corrected chi connectivity index (χ4v) is 2.76. The third kappa shape index (κ3) is 3.29. The zero-order valence-corrected chi connectivity index (χ0v) is 13.1. The van der Waals surface area contributed by atoms with Gasteiger partial charge in [0.25, 0.3) is 0 Å². The highest BCUT2D eigenvalue weighted by Gasteiger charge is 2.32. The van der Waals surface area contributed by atoms with E-state index in [4.69, 9.17) is 15.2 Å². The van der Waals surface area contributed by atoms with Crippen LogP contribution in [0.15, 0.2) is 18.2 Å². The molecule has 0 aliphatic carbocycles. The second kappa shape index (κ2) is 6.35. The predicted octanol–water partition coefficient (Wildman–Crippen LogP) is 2.10. The minimum atomic E-state index is -0.117. The molecule has 0 radical (unpaired) electrons. The van der Waals surface area contributed by atoms with E-state index in [1.165, 1.54) is 0 Å². The monoisotopic (exact) mass is 292 g/mol. The highest BCUT2D eigenvalue weighted by molar-refractivity contribution is 5.77. The fourth-order valence-electron chi connectivity index (χ4n) is 2.76. The summed E-state index contributed by atoms with van der Waals surface area (Å²) in [5.74, 6) is 1.50. The Kier molecular flexibility index (Phi) is 4.73. The van der Waals surface area contributed by atoms with Crippen LogP contribution in [0.1, 0.15) is 38.3 Å². The van der Waals surface area contributed by atoms with Crippen molar-refractivity contribution in [2.75, 3.05) is 14.2 Å². The van der Waals surface area contributed by atoms with Crippen LogP contribution >= 0.6 is 0 Å². The van der Waals surface area contributed by atoms with Crippen molar-refractivity contribution < 1.29 is 14.3 Å². The number of nitrogens with two attached hydrogens (primary N) is 1. The second-order valence-corrected chi connectivity index (χ2v) is 5.73. The minimum Gasteiger partial charge on any atom is -0.493 e. The van der Waals surface area contributed by atoms with Crippen LogP contribution in [-0.4, -0.2) is 37.1 Å². The number of amides is 1. The topological polar surface area (TPSA) is 64.8 Å². The van der Waals surface area contributed by atoms with Gasteiger partial charge in [0.1, 0.15) is 0 Å². The van der Waals surface area contributed by atoms with E-state index in [1.807, 2.05) is 32.0 Å². The highest BCUT2D eigenvalue weighted by atomic mass is 16.5. The van der Waals surface area contributed by atoms with Crippen LogP contribution in [0.3, 0.4) is 0 Å². The summed E-state index contributed by atoms with van der Waals surface area (Å²) in [6, 6.07) is 5.58. The minimum absolute atomic E-state index is 0.0609. The summed E-state index contributed by atoms with van der Waals surface area (Å²) in [6.45, 7) is 3.94. The van der Waals surface area contributed by atoms with Gasteiger partial charge in [0.15, 0.2) is 11.5 Å². The number of methoxy groups -OCH3 is 1. The number of likely N-dealkylation sites (N-methyl/N-ethyl adjacent to an activating group) is 1. The predicted molar refractivity (Wildman–Crippen MR) is 81.5 cm³/mol. The Morgan fingerprint density at radius 1 is 1.33 bits per heavy atom. The molecule has 0 bridgehead atoms. The average Bonchev–Trinajstić information content (AvgIpc) is 2.44. The molecule has 2 N–H and O–H groups in total. The van der Waals surface area contributed by atoms with Gasteiger partial charge in [-0.2, -0.15) is 0 Å². The molecule has 2 rings (SSSR count). The fraction of sp³-hybridized carbons (Fsp3) is 0.562. The SMILES string of the molecule is COc1cc(C2C(N)CCC(=O)N2C)ccc1OC(C)C. The van der Waals surface area contributed by atoms with Gasteiger partial charge >= 0.3 is 0 Å². The molecule has 5 nitrogen and oxygen atoms in total. The smallest absolute Gasteiger partial charge is 0.222 e. The lowest BCUT2D eigenvalue weighted by molar-refractivity contribution is -0.135. The van der Waals surface area contributed by atoms with E-state index < -0.39 is 0 Å². The normalized spacial score (nSPS) is 22.6. The molecule has 0 spiro atoms. The number of hydrogen-bond acceptors (Lipinski definition) is 4. The maximum absolute atomic E-state index is 11.9. The van der Waals surface area contributed by atoms with Gasteiger partial charge in [0.05, 0.1) is 19.3 Å². The Labute approximate surface area is 126 Å². The van der Waals surface area contributed by atoms with E-state index in [0.717, 1.165) is 5.56 Å². The first-order chi connectivity index (χ1) is 9.93. The van der Waals surface area contributed by atoms with Crippen LogP contribution in [0.2, 0.25) is 0 Å². The first-order valence-electron chi connectivity index (χ1n) is 7.30. The maximum atomic E-state index is 11.9. The number of nitrogens with zero attached hydrogens (tertiary/aromatic N) is 1. The van der Waals surface area contributed by atoms with Crippen LogP contribution in [-0.2, 0) is 4.79 Å². The van der Waals surface area contributed by atoms with Gasteiger partial charge in [-0.3, -0.25) is 4.79 Å². The van der Waals surface area contributed by atoms with Gasteiger partial charge in [-0.25, -0.2) is 0 Å². The third-order valence-corrected chi connectivity index (χ3v) is 3.80. The molecule has 2 atom stereocenters. The van der Waals surface area contributed by atoms with Gasteiger partial charge in [-0.15, -0.1) is 0 Å². The van der Waals surface area contributed by atoms with Crippen molar-refractivity contribution in [3.8, 4) is 11.5 Å². The number of piperidine rings is 1. The molecule has 0 aromatic heterocycles. The summed E-state index contributed by atoms with van der Waals surface area (Å²) < 4.78 is 11.1. The van der Waals surface area contributed by atoms with Crippen molar-refractivity contribution in [3.63, 3.8) is 0 Å². The molecule has 1 aromatic carbocycles. The van der Waals surface area contributed by atoms with Crippen molar-refractivity contribution in [2.24, 2.45) is 5.73 Å². The molecule has 1 saturated heterocycles. The van der Waals surface area contributed by atoms with Crippen LogP contribution in [0.5, 0.6) is 11.5 Å². The lowest BCUT2D eigenvalue weighted by Gasteiger charge is -2.37. The molecule has 1 heterocycles. The number of rotatable bonds is 4. The number of likely N-dealkylation sites (tertiary alicyclic amines) is 1. The molecule has 5 heteroatoms. The first kappa shape index (κ1) is 15.6. The summed E-state index contributed by atoms with van der Waals surface area (Å²) in [6.07, 6.45) is 1.30. The van der Waals surface area contributed by atoms with Gasteiger partial charge in [0, 0.05) is 19.5 Å². The first-order valence-corrected chi connectivity index (χ1v) is 7.30. The third-order valence-electron chi connectivity index (χ3n) is 3.80. The van der Waals surface area contributed by atoms with Crippen LogP contribution in [0.25, 0.3) is 0 Å². The van der Waals surface area contributed by atoms with Crippen molar-refractivity contribution in [1.29, 1.82) is 0 Å². The molecule has 2 unspecified atom stereocenters. The lowest BCUT2D eigenvalue weighted by Crippen LogP contribution is -2.46. The van der Waals surface area contributed by atoms with Crippen LogP contribution in [0.4, 0.5) is 0 Å². The number of carbonyl (C=O) groups excluding carboxylic acids is 1. The van der Waals surface area contributed by atoms with Gasteiger partial charge in [-0.1, -0.05) is 6.07 Å². The standard InChI is InChI=1S/C16H24N2O3/c1-10(2)21-13-7-5-11(9-14(13)20-4)16-12(17)6-8-15(19)18(16)3/h5,7,9-10,12,16H,6,8,17H2,1-4H3. The molecular formula is C16H24N2O3. The summed E-state index contributed by atoms with van der Waals surface area (Å²) in [4.78, 5) is 13.6. The van der Waals surface area contributed by atoms with E-state index in [-0.39, 0.29) is 24.1 Å². The van der Waals surface area contributed by atoms with Gasteiger partial charge < -0.3 is 20.1 Å². The molecule has 116 valence electrons. The van der Waals surface area contributed by atoms with Gasteiger partial charge in [-0.05, 0) is 38.0 Å². The average molecular weight is 292 g/mol. The zero-order chi connectivity index (χ0) is 15.6. The Balaban J connectivity index is 2.33. The lowest BCUT2D eigenvalue weighted by atomic mass is 9.91. The van der Waals surface area contributed by atoms with Gasteiger partial charge in [0.2, 0.25) is 5.91 Å². The summed E-state index contributed by atoms with van der Waals surface area (Å²) in [5.41, 5.74) is 7.19. The molecule has 1 aliphatic rings. The number of ether oxygens (including phenoxy) is 2. The number of carbonyl (C=O) groups is 1. The Bertz CT molecular complexity index is 516. The summed E-state index contributed by atoms with van der Waals surface area (Å²) in [7, 11) is 3.42.